The van der Waals surface area contributed by atoms with E-state index in [9.17, 15) is 4.79 Å². The molecule has 120 valence electrons. The number of fused-ring (bicyclic) bond motifs is 3. The Bertz CT molecular complexity index is 1100. The third-order valence-electron chi connectivity index (χ3n) is 4.04. The minimum Gasteiger partial charge on any atom is -0.497 e. The van der Waals surface area contributed by atoms with Gasteiger partial charge in [0.05, 0.1) is 30.3 Å². The molecule has 0 fully saturated rings. The minimum absolute atomic E-state index is 0.0919. The fourth-order valence-corrected chi connectivity index (χ4v) is 2.82. The molecule has 0 saturated carbocycles. The number of hydrogen-bond acceptors (Lipinski definition) is 5. The van der Waals surface area contributed by atoms with E-state index >= 15 is 0 Å². The number of rotatable bonds is 3. The molecule has 0 bridgehead atoms. The second kappa shape index (κ2) is 5.45. The van der Waals surface area contributed by atoms with Crippen LogP contribution in [0.15, 0.2) is 47.7 Å². The number of methoxy groups -OCH3 is 1. The molecule has 0 spiro atoms. The second-order valence-electron chi connectivity index (χ2n) is 5.53. The highest BCUT2D eigenvalue weighted by Crippen LogP contribution is 2.15. The first-order valence-electron chi connectivity index (χ1n) is 7.50. The maximum atomic E-state index is 12.9. The summed E-state index contributed by atoms with van der Waals surface area (Å²) in [7, 11) is 1.63. The zero-order valence-electron chi connectivity index (χ0n) is 13.3. The first kappa shape index (κ1) is 14.4. The Kier molecular flexibility index (Phi) is 3.26. The molecule has 7 heteroatoms. The topological polar surface area (TPSA) is 74.3 Å². The van der Waals surface area contributed by atoms with E-state index < -0.39 is 0 Å². The number of pyridine rings is 1. The van der Waals surface area contributed by atoms with Gasteiger partial charge >= 0.3 is 0 Å². The van der Waals surface area contributed by atoms with Crippen LogP contribution in [0.25, 0.3) is 16.7 Å². The van der Waals surface area contributed by atoms with Crippen molar-refractivity contribution in [3.8, 4) is 5.75 Å². The Morgan fingerprint density at radius 2 is 1.96 bits per heavy atom. The largest absolute Gasteiger partial charge is 0.497 e. The van der Waals surface area contributed by atoms with Crippen molar-refractivity contribution in [1.29, 1.82) is 0 Å². The minimum atomic E-state index is -0.0919. The quantitative estimate of drug-likeness (QED) is 0.575. The van der Waals surface area contributed by atoms with Crippen LogP contribution in [-0.2, 0) is 6.54 Å². The Labute approximate surface area is 137 Å². The molecule has 0 amide bonds. The zero-order valence-corrected chi connectivity index (χ0v) is 13.3. The molecule has 0 unspecified atom stereocenters. The molecule has 0 aliphatic carbocycles. The molecule has 3 heterocycles. The van der Waals surface area contributed by atoms with Crippen molar-refractivity contribution in [2.24, 2.45) is 0 Å². The van der Waals surface area contributed by atoms with Crippen molar-refractivity contribution < 1.29 is 4.74 Å². The third kappa shape index (κ3) is 2.21. The van der Waals surface area contributed by atoms with Crippen LogP contribution < -0.4 is 10.3 Å². The third-order valence-corrected chi connectivity index (χ3v) is 4.04. The van der Waals surface area contributed by atoms with Gasteiger partial charge in [-0.05, 0) is 30.7 Å². The molecule has 3 aromatic heterocycles. The Morgan fingerprint density at radius 3 is 2.71 bits per heavy atom. The molecule has 0 atom stereocenters. The summed E-state index contributed by atoms with van der Waals surface area (Å²) in [5, 5.41) is 4.70. The zero-order chi connectivity index (χ0) is 16.7. The van der Waals surface area contributed by atoms with Gasteiger partial charge < -0.3 is 9.30 Å². The van der Waals surface area contributed by atoms with Crippen molar-refractivity contribution in [2.75, 3.05) is 7.11 Å². The van der Waals surface area contributed by atoms with Crippen molar-refractivity contribution >= 4 is 16.7 Å². The van der Waals surface area contributed by atoms with E-state index in [1.165, 1.54) is 6.33 Å². The van der Waals surface area contributed by atoms with Crippen LogP contribution in [0.2, 0.25) is 0 Å². The number of hydrogen-bond donors (Lipinski definition) is 0. The van der Waals surface area contributed by atoms with E-state index in [0.717, 1.165) is 11.3 Å². The van der Waals surface area contributed by atoms with E-state index in [2.05, 4.69) is 15.1 Å². The summed E-state index contributed by atoms with van der Waals surface area (Å²) < 4.78 is 8.41. The summed E-state index contributed by atoms with van der Waals surface area (Å²) in [5.74, 6) is 1.28. The summed E-state index contributed by atoms with van der Waals surface area (Å²) in [5.41, 5.74) is 2.29. The van der Waals surface area contributed by atoms with Crippen LogP contribution in [0, 0.1) is 6.92 Å². The summed E-state index contributed by atoms with van der Waals surface area (Å²) >= 11 is 0. The van der Waals surface area contributed by atoms with Crippen LogP contribution in [0.5, 0.6) is 5.75 Å². The summed E-state index contributed by atoms with van der Waals surface area (Å²) in [4.78, 5) is 21.3. The maximum absolute atomic E-state index is 12.9. The molecule has 7 nitrogen and oxygen atoms in total. The molecular formula is C17H15N5O2. The van der Waals surface area contributed by atoms with E-state index in [-0.39, 0.29) is 5.56 Å². The number of nitrogens with zero attached hydrogens (tertiary/aromatic N) is 5. The van der Waals surface area contributed by atoms with Crippen LogP contribution >= 0.6 is 0 Å². The fourth-order valence-electron chi connectivity index (χ4n) is 2.82. The van der Waals surface area contributed by atoms with Gasteiger partial charge in [-0.3, -0.25) is 4.79 Å². The SMILES string of the molecule is COc1ccc(Cn2ccc3c(c(C)nc4ncnn43)c2=O)cc1. The monoisotopic (exact) mass is 321 g/mol. The first-order chi connectivity index (χ1) is 11.7. The predicted molar refractivity (Wildman–Crippen MR) is 89.4 cm³/mol. The predicted octanol–water partition coefficient (Wildman–Crippen LogP) is 1.80. The molecule has 24 heavy (non-hydrogen) atoms. The summed E-state index contributed by atoms with van der Waals surface area (Å²) in [6.45, 7) is 2.30. The molecule has 0 N–H and O–H groups in total. The van der Waals surface area contributed by atoms with Gasteiger partial charge in [0.1, 0.15) is 12.1 Å². The first-order valence-corrected chi connectivity index (χ1v) is 7.50. The van der Waals surface area contributed by atoms with Crippen LogP contribution in [0.3, 0.4) is 0 Å². The van der Waals surface area contributed by atoms with Gasteiger partial charge in [-0.25, -0.2) is 4.98 Å². The standard InChI is InChI=1S/C17H15N5O2/c1-11-15-14(22-17(20-11)18-10-19-22)7-8-21(16(15)23)9-12-3-5-13(24-2)6-4-12/h3-8,10H,9H2,1-2H3. The lowest BCUT2D eigenvalue weighted by Gasteiger charge is -2.10. The summed E-state index contributed by atoms with van der Waals surface area (Å²) in [6, 6.07) is 9.53. The molecule has 0 aliphatic rings. The summed E-state index contributed by atoms with van der Waals surface area (Å²) in [6.07, 6.45) is 3.21. The van der Waals surface area contributed by atoms with Gasteiger partial charge in [0.15, 0.2) is 0 Å². The molecule has 4 rings (SSSR count). The molecule has 0 radical (unpaired) electrons. The van der Waals surface area contributed by atoms with Crippen molar-refractivity contribution in [2.45, 2.75) is 13.5 Å². The van der Waals surface area contributed by atoms with Gasteiger partial charge in [0.2, 0.25) is 0 Å². The van der Waals surface area contributed by atoms with Gasteiger partial charge in [-0.15, -0.1) is 0 Å². The molecule has 4 aromatic rings. The highest BCUT2D eigenvalue weighted by atomic mass is 16.5. The Balaban J connectivity index is 1.84. The van der Waals surface area contributed by atoms with Crippen LogP contribution in [0.1, 0.15) is 11.3 Å². The highest BCUT2D eigenvalue weighted by molar-refractivity contribution is 5.81. The van der Waals surface area contributed by atoms with E-state index in [4.69, 9.17) is 4.74 Å². The Morgan fingerprint density at radius 1 is 1.17 bits per heavy atom. The Hall–Kier alpha value is -3.22. The van der Waals surface area contributed by atoms with Crippen LogP contribution in [-0.4, -0.2) is 31.3 Å². The highest BCUT2D eigenvalue weighted by Gasteiger charge is 2.12. The van der Waals surface area contributed by atoms with Crippen LogP contribution in [0.4, 0.5) is 0 Å². The maximum Gasteiger partial charge on any atom is 0.262 e. The van der Waals surface area contributed by atoms with E-state index in [1.54, 1.807) is 22.4 Å². The number of aromatic nitrogens is 5. The lowest BCUT2D eigenvalue weighted by molar-refractivity contribution is 0.414. The van der Waals surface area contributed by atoms with Gasteiger partial charge in [0.25, 0.3) is 11.3 Å². The number of ether oxygens (including phenoxy) is 1. The molecule has 0 aliphatic heterocycles. The lowest BCUT2D eigenvalue weighted by Crippen LogP contribution is -2.22. The average Bonchev–Trinajstić information content (AvgIpc) is 3.06. The second-order valence-corrected chi connectivity index (χ2v) is 5.53. The van der Waals surface area contributed by atoms with Gasteiger partial charge in [-0.1, -0.05) is 12.1 Å². The lowest BCUT2D eigenvalue weighted by atomic mass is 10.2. The van der Waals surface area contributed by atoms with E-state index in [1.807, 2.05) is 37.3 Å². The van der Waals surface area contributed by atoms with Crippen molar-refractivity contribution in [1.82, 2.24) is 24.1 Å². The van der Waals surface area contributed by atoms with Crippen molar-refractivity contribution in [3.05, 3.63) is 64.5 Å². The molecular weight excluding hydrogens is 306 g/mol. The average molecular weight is 321 g/mol. The molecule has 0 saturated heterocycles. The molecule has 1 aromatic carbocycles. The van der Waals surface area contributed by atoms with Gasteiger partial charge in [-0.2, -0.15) is 14.6 Å². The number of benzene rings is 1. The van der Waals surface area contributed by atoms with Crippen molar-refractivity contribution in [3.63, 3.8) is 0 Å². The number of aryl methyl sites for hydroxylation is 1. The van der Waals surface area contributed by atoms with E-state index in [0.29, 0.717) is 28.9 Å². The smallest absolute Gasteiger partial charge is 0.262 e. The van der Waals surface area contributed by atoms with Gasteiger partial charge in [0, 0.05) is 6.20 Å². The fraction of sp³-hybridized carbons (Fsp3) is 0.176. The normalized spacial score (nSPS) is 11.2.